The summed E-state index contributed by atoms with van der Waals surface area (Å²) in [5, 5.41) is 38.5. The predicted molar refractivity (Wildman–Crippen MR) is 311 cm³/mol. The fourth-order valence-corrected chi connectivity index (χ4v) is 5.69. The topological polar surface area (TPSA) is 325 Å². The van der Waals surface area contributed by atoms with Crippen LogP contribution in [0.5, 0.6) is 0 Å². The summed E-state index contributed by atoms with van der Waals surface area (Å²) in [6.07, 6.45) is 4.57. The third-order valence-corrected chi connectivity index (χ3v) is 12.2. The fourth-order valence-electron chi connectivity index (χ4n) is 2.89. The van der Waals surface area contributed by atoms with Gasteiger partial charge < -0.3 is 43.3 Å². The second-order valence-electron chi connectivity index (χ2n) is 15.2. The third-order valence-electron chi connectivity index (χ3n) is 6.23. The van der Waals surface area contributed by atoms with Crippen LogP contribution in [-0.4, -0.2) is 106 Å². The average molecular weight is 1520 g/mol. The molecule has 21 nitrogen and oxygen atoms in total. The molecule has 424 valence electrons. The number of hydrogen-bond donors (Lipinski definition) is 5. The number of alkyl halides is 4. The van der Waals surface area contributed by atoms with Gasteiger partial charge in [-0.25, -0.2) is 17.3 Å². The summed E-state index contributed by atoms with van der Waals surface area (Å²) in [7, 11) is -2.53. The summed E-state index contributed by atoms with van der Waals surface area (Å²) >= 11 is 34.5. The number of nitrogens with one attached hydrogen (secondary N) is 1. The van der Waals surface area contributed by atoms with Crippen molar-refractivity contribution < 1.29 is 55.0 Å². The van der Waals surface area contributed by atoms with Gasteiger partial charge in [0.15, 0.2) is 35.1 Å². The van der Waals surface area contributed by atoms with Gasteiger partial charge in [0, 0.05) is 50.7 Å². The highest BCUT2D eigenvalue weighted by atomic mass is 79.9. The molecule has 0 bridgehead atoms. The van der Waals surface area contributed by atoms with Crippen LogP contribution in [0.3, 0.4) is 0 Å². The van der Waals surface area contributed by atoms with E-state index in [1.807, 2.05) is 62.3 Å². The quantitative estimate of drug-likeness (QED) is 0.0547. The highest BCUT2D eigenvalue weighted by Gasteiger charge is 2.20. The van der Waals surface area contributed by atoms with Crippen molar-refractivity contribution in [1.29, 1.82) is 0 Å². The minimum absolute atomic E-state index is 0. The van der Waals surface area contributed by atoms with Crippen LogP contribution in [-0.2, 0) is 57.4 Å². The molecule has 5 aromatic heterocycles. The Morgan fingerprint density at radius 1 is 0.658 bits per heavy atom. The maximum atomic E-state index is 11.6. The van der Waals surface area contributed by atoms with Crippen molar-refractivity contribution in [1.82, 2.24) is 30.5 Å². The molecule has 1 saturated heterocycles. The number of ether oxygens (including phenoxy) is 1. The summed E-state index contributed by atoms with van der Waals surface area (Å²) in [6, 6.07) is 8.24. The zero-order valence-corrected chi connectivity index (χ0v) is 55.5. The summed E-state index contributed by atoms with van der Waals surface area (Å²) < 4.78 is 70.8. The van der Waals surface area contributed by atoms with Crippen molar-refractivity contribution in [2.24, 2.45) is 15.3 Å². The van der Waals surface area contributed by atoms with Crippen molar-refractivity contribution in [3.8, 4) is 0 Å². The van der Waals surface area contributed by atoms with Gasteiger partial charge >= 0.3 is 0 Å². The number of carbonyl (C=O) groups is 1. The molecule has 6 heterocycles. The number of hydrogen-bond acceptors (Lipinski definition) is 18. The van der Waals surface area contributed by atoms with Crippen LogP contribution in [0, 0.1) is 0 Å². The number of carbonyl (C=O) groups excluding carboxylic acids is 1. The van der Waals surface area contributed by atoms with Crippen molar-refractivity contribution in [3.63, 3.8) is 0 Å². The molecular weight excluding hydrogens is 1460 g/mol. The number of aromatic nitrogens is 5. The molecule has 0 aromatic carbocycles. The lowest BCUT2D eigenvalue weighted by molar-refractivity contribution is 0.109. The van der Waals surface area contributed by atoms with Crippen LogP contribution in [0.4, 0.5) is 0 Å². The van der Waals surface area contributed by atoms with Gasteiger partial charge in [0.1, 0.15) is 40.6 Å². The predicted octanol–water partition coefficient (Wildman–Crippen LogP) is 11.5. The minimum Gasteiger partial charge on any atom is -0.400 e. The molecule has 0 spiro atoms. The number of nitrogens with two attached hydrogens (primary N) is 2. The van der Waals surface area contributed by atoms with Crippen LogP contribution in [0.25, 0.3) is 0 Å². The summed E-state index contributed by atoms with van der Waals surface area (Å²) in [6.45, 7) is 19.5. The minimum atomic E-state index is -1.26. The number of aldehydes is 1. The van der Waals surface area contributed by atoms with Crippen molar-refractivity contribution in [3.05, 3.63) is 82.1 Å². The highest BCUT2D eigenvalue weighted by Crippen LogP contribution is 2.15. The third kappa shape index (κ3) is 49.5. The van der Waals surface area contributed by atoms with Crippen molar-refractivity contribution in [2.45, 2.75) is 109 Å². The zero-order valence-electron chi connectivity index (χ0n) is 41.3. The fraction of sp³-hybridized carbons (Fsp3) is 0.564. The van der Waals surface area contributed by atoms with Crippen molar-refractivity contribution in [2.75, 3.05) is 31.0 Å². The van der Waals surface area contributed by atoms with E-state index in [1.54, 1.807) is 24.3 Å². The number of halogens is 10. The Bertz CT molecular complexity index is 2160. The van der Waals surface area contributed by atoms with Gasteiger partial charge in [0.25, 0.3) is 0 Å². The lowest BCUT2D eigenvalue weighted by Crippen LogP contribution is -2.32. The van der Waals surface area contributed by atoms with Gasteiger partial charge in [0.2, 0.25) is 0 Å². The standard InChI is InChI=1S/C8H13BrN2O2S.C8H11BrN2O2S.C4H5BrN2O.C4H4BrNO2.C4H2BrNO2.C4H11NOS.C4H8O.2CH2Cl2.CH4O.ClH/c2*1-8(2,3)14(12)10-5-6-4-7(9)11-13-6;5-4-1-3(2-6)8-7-4;2*5-4-1-3(2-7)8-6-4;1-4(2,3)7(5)6;1-2-4-5-3-1;2*2-1-3;1-2;/h4,10H,5H2,1-3H3;4-5H,1-3H3;1H,2,6H2;1,7H,2H2;1-2H;5H2,1-3H3;1-4H2;2*1H2;2H,1H3;1H/t2*14-;;;;7-;;;;;/m11...1...../s1. The molecule has 5 aromatic rings. The van der Waals surface area contributed by atoms with Crippen LogP contribution in [0.15, 0.2) is 80.4 Å². The largest absolute Gasteiger partial charge is 0.400 e. The van der Waals surface area contributed by atoms with Gasteiger partial charge in [-0.15, -0.1) is 58.8 Å². The maximum Gasteiger partial charge on any atom is 0.200 e. The molecule has 1 aliphatic heterocycles. The van der Waals surface area contributed by atoms with E-state index in [2.05, 4.69) is 124 Å². The molecule has 7 N–H and O–H groups in total. The molecule has 0 aliphatic carbocycles. The SMILES string of the molecule is C1CCOC1.CC(C)(C)[S@@](=O)N=Cc1cc(Br)no1.CC(C)(C)[S@@](=O)NCc1cc(Br)no1.CC(C)(C)[S@](N)=O.CO.Cl.ClCCl.ClCCl.NCc1cc(Br)no1.O=Cc1cc(Br)no1.OCc1cc(Br)no1. The summed E-state index contributed by atoms with van der Waals surface area (Å²) in [5.74, 6) is 2.54. The molecule has 1 aliphatic rings. The van der Waals surface area contributed by atoms with E-state index < -0.39 is 33.0 Å². The first kappa shape index (κ1) is 81.3. The lowest BCUT2D eigenvalue weighted by atomic mass is 10.3. The molecule has 34 heteroatoms. The van der Waals surface area contributed by atoms with Crippen LogP contribution < -0.4 is 15.6 Å². The summed E-state index contributed by atoms with van der Waals surface area (Å²) in [4.78, 5) is 9.87. The number of rotatable bonds is 8. The van der Waals surface area contributed by atoms with E-state index in [0.29, 0.717) is 65.4 Å². The molecule has 0 amide bonds. The Morgan fingerprint density at radius 3 is 1.23 bits per heavy atom. The van der Waals surface area contributed by atoms with Gasteiger partial charge in [-0.1, -0.05) is 25.8 Å². The molecule has 0 radical (unpaired) electrons. The van der Waals surface area contributed by atoms with E-state index in [4.69, 9.17) is 85.8 Å². The molecule has 0 saturated carbocycles. The zero-order chi connectivity index (χ0) is 56.5. The van der Waals surface area contributed by atoms with Gasteiger partial charge in [-0.05, 0) is 155 Å². The van der Waals surface area contributed by atoms with Gasteiger partial charge in [0.05, 0.1) is 66.2 Å². The Kier molecular flexibility index (Phi) is 54.1. The molecular formula is C39H63Br5Cl5N9O12S3. The lowest BCUT2D eigenvalue weighted by Gasteiger charge is -2.17. The Morgan fingerprint density at radius 2 is 1.01 bits per heavy atom. The van der Waals surface area contributed by atoms with Crippen molar-refractivity contribution >= 4 is 184 Å². The first-order valence-electron chi connectivity index (χ1n) is 19.9. The molecule has 73 heavy (non-hydrogen) atoms. The summed E-state index contributed by atoms with van der Waals surface area (Å²) in [5.41, 5.74) is 5.21. The average Bonchev–Trinajstić information content (AvgIpc) is 4.19. The van der Waals surface area contributed by atoms with E-state index >= 15 is 0 Å². The number of nitrogens with zero attached hydrogens (tertiary/aromatic N) is 6. The van der Waals surface area contributed by atoms with Gasteiger partial charge in [-0.2, -0.15) is 4.40 Å². The van der Waals surface area contributed by atoms with E-state index in [-0.39, 0.29) is 49.7 Å². The second kappa shape index (κ2) is 48.6. The smallest absolute Gasteiger partial charge is 0.200 e. The molecule has 1 fully saturated rings. The van der Waals surface area contributed by atoms with Gasteiger partial charge in [-0.3, -0.25) is 9.93 Å². The second-order valence-corrected chi connectivity index (χ2v) is 26.6. The Labute approximate surface area is 502 Å². The van der Waals surface area contributed by atoms with E-state index in [0.717, 1.165) is 20.3 Å². The molecule has 6 rings (SSSR count). The highest BCUT2D eigenvalue weighted by molar-refractivity contribution is 9.11. The van der Waals surface area contributed by atoms with Crippen LogP contribution in [0.1, 0.15) is 109 Å². The van der Waals surface area contributed by atoms with E-state index in [1.165, 1.54) is 25.1 Å². The normalized spacial score (nSPS) is 12.5. The Balaban J connectivity index is -0.000000245. The van der Waals surface area contributed by atoms with E-state index in [9.17, 15) is 17.4 Å². The first-order chi connectivity index (χ1) is 33.5. The molecule has 0 unspecified atom stereocenters. The maximum absolute atomic E-state index is 11.6. The number of aliphatic hydroxyl groups is 2. The Hall–Kier alpha value is -0.550. The molecule has 3 atom stereocenters. The van der Waals surface area contributed by atoms with Crippen LogP contribution >= 0.6 is 138 Å². The monoisotopic (exact) mass is 1510 g/mol. The van der Waals surface area contributed by atoms with Crippen LogP contribution in [0.2, 0.25) is 0 Å². The first-order valence-corrected chi connectivity index (χ1v) is 29.5. The number of aliphatic hydroxyl groups excluding tert-OH is 2.